The second-order valence-corrected chi connectivity index (χ2v) is 4.85. The van der Waals surface area contributed by atoms with Crippen molar-refractivity contribution in [2.45, 2.75) is 19.8 Å². The number of hydrogen-bond acceptors (Lipinski definition) is 3. The van der Waals surface area contributed by atoms with Crippen LogP contribution in [0.3, 0.4) is 0 Å². The van der Waals surface area contributed by atoms with Gasteiger partial charge in [0.1, 0.15) is 0 Å². The number of nitrogens with one attached hydrogen (secondary N) is 2. The molecular weight excluding hydrogens is 190 g/mol. The van der Waals surface area contributed by atoms with E-state index < -0.39 is 0 Å². The fraction of sp³-hybridized carbons (Fsp3) is 0.909. The van der Waals surface area contributed by atoms with Gasteiger partial charge in [0.25, 0.3) is 0 Å². The van der Waals surface area contributed by atoms with Gasteiger partial charge in [0, 0.05) is 31.6 Å². The summed E-state index contributed by atoms with van der Waals surface area (Å²) in [4.78, 5) is 14.4. The number of carbonyl (C=O) groups is 1. The standard InChI is InChI=1S/C11H21N3O/c1-11(2-4-12-5-3-11)10(15)14-8-6-13-7-9-14/h12-13H,2-9H2,1H3. The third-order valence-corrected chi connectivity index (χ3v) is 3.63. The number of piperazine rings is 1. The summed E-state index contributed by atoms with van der Waals surface area (Å²) >= 11 is 0. The second-order valence-electron chi connectivity index (χ2n) is 4.85. The Morgan fingerprint density at radius 2 is 1.60 bits per heavy atom. The molecule has 2 aliphatic rings. The van der Waals surface area contributed by atoms with E-state index in [-0.39, 0.29) is 5.41 Å². The monoisotopic (exact) mass is 211 g/mol. The summed E-state index contributed by atoms with van der Waals surface area (Å²) in [7, 11) is 0. The van der Waals surface area contributed by atoms with Gasteiger partial charge < -0.3 is 15.5 Å². The molecule has 86 valence electrons. The van der Waals surface area contributed by atoms with Crippen molar-refractivity contribution in [2.24, 2.45) is 5.41 Å². The molecule has 0 aliphatic carbocycles. The molecule has 0 aromatic rings. The first kappa shape index (κ1) is 10.9. The van der Waals surface area contributed by atoms with Crippen molar-refractivity contribution in [2.75, 3.05) is 39.3 Å². The van der Waals surface area contributed by atoms with Crippen LogP contribution in [0.2, 0.25) is 0 Å². The number of piperidine rings is 1. The summed E-state index contributed by atoms with van der Waals surface area (Å²) in [6, 6.07) is 0. The Bertz CT molecular complexity index is 230. The quantitative estimate of drug-likeness (QED) is 0.632. The van der Waals surface area contributed by atoms with E-state index in [0.29, 0.717) is 5.91 Å². The van der Waals surface area contributed by atoms with Crippen LogP contribution >= 0.6 is 0 Å². The summed E-state index contributed by atoms with van der Waals surface area (Å²) in [6.45, 7) is 7.73. The molecule has 0 atom stereocenters. The van der Waals surface area contributed by atoms with Crippen LogP contribution in [0.15, 0.2) is 0 Å². The highest BCUT2D eigenvalue weighted by Gasteiger charge is 2.37. The molecule has 4 nitrogen and oxygen atoms in total. The lowest BCUT2D eigenvalue weighted by Crippen LogP contribution is -2.53. The van der Waals surface area contributed by atoms with Crippen molar-refractivity contribution in [3.8, 4) is 0 Å². The molecule has 1 amide bonds. The predicted octanol–water partition coefficient (Wildman–Crippen LogP) is -0.192. The van der Waals surface area contributed by atoms with Crippen molar-refractivity contribution in [3.05, 3.63) is 0 Å². The molecule has 2 heterocycles. The van der Waals surface area contributed by atoms with Gasteiger partial charge in [0.2, 0.25) is 5.91 Å². The third-order valence-electron chi connectivity index (χ3n) is 3.63. The van der Waals surface area contributed by atoms with Crippen molar-refractivity contribution in [1.82, 2.24) is 15.5 Å². The van der Waals surface area contributed by atoms with Gasteiger partial charge in [0.15, 0.2) is 0 Å². The zero-order chi connectivity index (χ0) is 10.7. The maximum atomic E-state index is 12.3. The number of carbonyl (C=O) groups excluding carboxylic acids is 1. The number of rotatable bonds is 1. The molecule has 2 saturated heterocycles. The fourth-order valence-corrected chi connectivity index (χ4v) is 2.44. The van der Waals surface area contributed by atoms with E-state index in [1.807, 2.05) is 4.90 Å². The average molecular weight is 211 g/mol. The Morgan fingerprint density at radius 1 is 1.07 bits per heavy atom. The zero-order valence-electron chi connectivity index (χ0n) is 9.51. The molecule has 2 rings (SSSR count). The predicted molar refractivity (Wildman–Crippen MR) is 59.7 cm³/mol. The van der Waals surface area contributed by atoms with Gasteiger partial charge in [-0.15, -0.1) is 0 Å². The lowest BCUT2D eigenvalue weighted by atomic mass is 9.79. The van der Waals surface area contributed by atoms with Crippen LogP contribution in [0.1, 0.15) is 19.8 Å². The molecule has 0 bridgehead atoms. The summed E-state index contributed by atoms with van der Waals surface area (Å²) in [5.74, 6) is 0.366. The summed E-state index contributed by atoms with van der Waals surface area (Å²) in [5, 5.41) is 6.59. The summed E-state index contributed by atoms with van der Waals surface area (Å²) < 4.78 is 0. The Balaban J connectivity index is 1.98. The maximum absolute atomic E-state index is 12.3. The average Bonchev–Trinajstić information content (AvgIpc) is 2.30. The summed E-state index contributed by atoms with van der Waals surface area (Å²) in [5.41, 5.74) is -0.109. The normalized spacial score (nSPS) is 26.3. The molecule has 0 radical (unpaired) electrons. The topological polar surface area (TPSA) is 44.4 Å². The minimum Gasteiger partial charge on any atom is -0.340 e. The van der Waals surface area contributed by atoms with Gasteiger partial charge >= 0.3 is 0 Å². The Hall–Kier alpha value is -0.610. The smallest absolute Gasteiger partial charge is 0.228 e. The van der Waals surface area contributed by atoms with E-state index in [1.54, 1.807) is 0 Å². The van der Waals surface area contributed by atoms with E-state index in [0.717, 1.165) is 52.1 Å². The molecule has 15 heavy (non-hydrogen) atoms. The molecule has 2 aliphatic heterocycles. The number of hydrogen-bond donors (Lipinski definition) is 2. The van der Waals surface area contributed by atoms with Crippen molar-refractivity contribution in [1.29, 1.82) is 0 Å². The van der Waals surface area contributed by atoms with E-state index in [1.165, 1.54) is 0 Å². The fourth-order valence-electron chi connectivity index (χ4n) is 2.44. The van der Waals surface area contributed by atoms with Gasteiger partial charge in [-0.3, -0.25) is 4.79 Å². The SMILES string of the molecule is CC1(C(=O)N2CCNCC2)CCNCC1. The van der Waals surface area contributed by atoms with Crippen LogP contribution in [0.25, 0.3) is 0 Å². The van der Waals surface area contributed by atoms with E-state index in [9.17, 15) is 4.79 Å². The lowest BCUT2D eigenvalue weighted by Gasteiger charge is -2.39. The molecule has 0 spiro atoms. The molecule has 2 N–H and O–H groups in total. The van der Waals surface area contributed by atoms with Crippen molar-refractivity contribution in [3.63, 3.8) is 0 Å². The van der Waals surface area contributed by atoms with Gasteiger partial charge in [-0.1, -0.05) is 6.92 Å². The highest BCUT2D eigenvalue weighted by Crippen LogP contribution is 2.30. The van der Waals surface area contributed by atoms with E-state index in [4.69, 9.17) is 0 Å². The second kappa shape index (κ2) is 4.49. The first-order valence-electron chi connectivity index (χ1n) is 5.93. The lowest BCUT2D eigenvalue weighted by molar-refractivity contribution is -0.143. The maximum Gasteiger partial charge on any atom is 0.228 e. The molecule has 0 aromatic heterocycles. The van der Waals surface area contributed by atoms with Crippen LogP contribution in [0.4, 0.5) is 0 Å². The first-order chi connectivity index (χ1) is 7.22. The minimum absolute atomic E-state index is 0.109. The molecule has 0 saturated carbocycles. The zero-order valence-corrected chi connectivity index (χ0v) is 9.51. The van der Waals surface area contributed by atoms with Gasteiger partial charge in [-0.05, 0) is 25.9 Å². The molecule has 2 fully saturated rings. The van der Waals surface area contributed by atoms with Gasteiger partial charge in [-0.2, -0.15) is 0 Å². The first-order valence-corrected chi connectivity index (χ1v) is 5.93. The molecular formula is C11H21N3O. The Morgan fingerprint density at radius 3 is 2.20 bits per heavy atom. The minimum atomic E-state index is -0.109. The van der Waals surface area contributed by atoms with Crippen molar-refractivity contribution >= 4 is 5.91 Å². The Kier molecular flexibility index (Phi) is 3.26. The van der Waals surface area contributed by atoms with Crippen LogP contribution in [-0.4, -0.2) is 50.1 Å². The molecule has 4 heteroatoms. The van der Waals surface area contributed by atoms with Crippen LogP contribution in [0.5, 0.6) is 0 Å². The van der Waals surface area contributed by atoms with E-state index in [2.05, 4.69) is 17.6 Å². The number of nitrogens with zero attached hydrogens (tertiary/aromatic N) is 1. The Labute approximate surface area is 91.4 Å². The van der Waals surface area contributed by atoms with Crippen molar-refractivity contribution < 1.29 is 4.79 Å². The van der Waals surface area contributed by atoms with Crippen LogP contribution < -0.4 is 10.6 Å². The molecule has 0 aromatic carbocycles. The van der Waals surface area contributed by atoms with Gasteiger partial charge in [0.05, 0.1) is 0 Å². The van der Waals surface area contributed by atoms with Crippen LogP contribution in [0, 0.1) is 5.41 Å². The number of amides is 1. The van der Waals surface area contributed by atoms with E-state index >= 15 is 0 Å². The molecule has 0 unspecified atom stereocenters. The van der Waals surface area contributed by atoms with Crippen LogP contribution in [-0.2, 0) is 4.79 Å². The highest BCUT2D eigenvalue weighted by atomic mass is 16.2. The third kappa shape index (κ3) is 2.32. The largest absolute Gasteiger partial charge is 0.340 e. The summed E-state index contributed by atoms with van der Waals surface area (Å²) in [6.07, 6.45) is 1.96. The van der Waals surface area contributed by atoms with Gasteiger partial charge in [-0.25, -0.2) is 0 Å². The highest BCUT2D eigenvalue weighted by molar-refractivity contribution is 5.82.